The highest BCUT2D eigenvalue weighted by molar-refractivity contribution is 5.81. The van der Waals surface area contributed by atoms with Crippen molar-refractivity contribution in [1.82, 2.24) is 5.32 Å². The zero-order chi connectivity index (χ0) is 11.5. The SMILES string of the molecule is CCNC1(C(=O)OC)CCC(C)C(C)C1. The van der Waals surface area contributed by atoms with Gasteiger partial charge in [0.2, 0.25) is 0 Å². The minimum Gasteiger partial charge on any atom is -0.468 e. The lowest BCUT2D eigenvalue weighted by Gasteiger charge is -2.41. The normalized spacial score (nSPS) is 36.3. The molecule has 0 spiro atoms. The van der Waals surface area contributed by atoms with E-state index >= 15 is 0 Å². The number of ether oxygens (including phenoxy) is 1. The zero-order valence-electron chi connectivity index (χ0n) is 10.3. The summed E-state index contributed by atoms with van der Waals surface area (Å²) in [5, 5.41) is 3.33. The van der Waals surface area contributed by atoms with Gasteiger partial charge in [-0.1, -0.05) is 20.8 Å². The molecule has 3 unspecified atom stereocenters. The fraction of sp³-hybridized carbons (Fsp3) is 0.917. The Bertz CT molecular complexity index is 230. The van der Waals surface area contributed by atoms with Crippen LogP contribution in [0.2, 0.25) is 0 Å². The summed E-state index contributed by atoms with van der Waals surface area (Å²) >= 11 is 0. The number of rotatable bonds is 3. The third-order valence-corrected chi connectivity index (χ3v) is 3.76. The van der Waals surface area contributed by atoms with Crippen molar-refractivity contribution in [3.63, 3.8) is 0 Å². The van der Waals surface area contributed by atoms with Crippen molar-refractivity contribution in [3.05, 3.63) is 0 Å². The molecular weight excluding hydrogens is 190 g/mol. The predicted octanol–water partition coefficient (Wildman–Crippen LogP) is 1.96. The van der Waals surface area contributed by atoms with E-state index < -0.39 is 5.54 Å². The highest BCUT2D eigenvalue weighted by Crippen LogP contribution is 2.36. The summed E-state index contributed by atoms with van der Waals surface area (Å²) in [6, 6.07) is 0. The molecule has 3 heteroatoms. The third kappa shape index (κ3) is 2.51. The molecule has 0 bridgehead atoms. The minimum absolute atomic E-state index is 0.0944. The van der Waals surface area contributed by atoms with E-state index in [2.05, 4.69) is 19.2 Å². The molecule has 88 valence electrons. The van der Waals surface area contributed by atoms with E-state index in [4.69, 9.17) is 4.74 Å². The number of nitrogens with one attached hydrogen (secondary N) is 1. The summed E-state index contributed by atoms with van der Waals surface area (Å²) in [7, 11) is 1.48. The smallest absolute Gasteiger partial charge is 0.326 e. The van der Waals surface area contributed by atoms with Gasteiger partial charge in [-0.25, -0.2) is 0 Å². The van der Waals surface area contributed by atoms with Crippen LogP contribution in [-0.2, 0) is 9.53 Å². The minimum atomic E-state index is -0.421. The molecule has 15 heavy (non-hydrogen) atoms. The van der Waals surface area contributed by atoms with Gasteiger partial charge in [-0.15, -0.1) is 0 Å². The van der Waals surface area contributed by atoms with Gasteiger partial charge in [-0.2, -0.15) is 0 Å². The van der Waals surface area contributed by atoms with Crippen LogP contribution in [0, 0.1) is 11.8 Å². The maximum absolute atomic E-state index is 11.8. The van der Waals surface area contributed by atoms with Gasteiger partial charge in [0, 0.05) is 0 Å². The van der Waals surface area contributed by atoms with Gasteiger partial charge in [0.15, 0.2) is 0 Å². The van der Waals surface area contributed by atoms with E-state index in [9.17, 15) is 4.79 Å². The molecular formula is C12H23NO2. The summed E-state index contributed by atoms with van der Waals surface area (Å²) in [6.45, 7) is 7.33. The van der Waals surface area contributed by atoms with Crippen molar-refractivity contribution in [3.8, 4) is 0 Å². The highest BCUT2D eigenvalue weighted by atomic mass is 16.5. The van der Waals surface area contributed by atoms with E-state index in [0.717, 1.165) is 25.8 Å². The molecule has 0 aliphatic heterocycles. The Hall–Kier alpha value is -0.570. The topological polar surface area (TPSA) is 38.3 Å². The Morgan fingerprint density at radius 1 is 1.47 bits per heavy atom. The van der Waals surface area contributed by atoms with Gasteiger partial charge >= 0.3 is 5.97 Å². The van der Waals surface area contributed by atoms with Gasteiger partial charge in [0.1, 0.15) is 5.54 Å². The van der Waals surface area contributed by atoms with Gasteiger partial charge < -0.3 is 10.1 Å². The monoisotopic (exact) mass is 213 g/mol. The molecule has 0 aromatic rings. The lowest BCUT2D eigenvalue weighted by molar-refractivity contribution is -0.151. The van der Waals surface area contributed by atoms with E-state index in [1.54, 1.807) is 0 Å². The second-order valence-electron chi connectivity index (χ2n) is 4.80. The van der Waals surface area contributed by atoms with E-state index in [1.165, 1.54) is 7.11 Å². The maximum atomic E-state index is 11.8. The van der Waals surface area contributed by atoms with Crippen LogP contribution in [0.25, 0.3) is 0 Å². The fourth-order valence-corrected chi connectivity index (χ4v) is 2.56. The molecule has 0 heterocycles. The van der Waals surface area contributed by atoms with Crippen LogP contribution in [0.1, 0.15) is 40.0 Å². The van der Waals surface area contributed by atoms with Crippen molar-refractivity contribution >= 4 is 5.97 Å². The van der Waals surface area contributed by atoms with Crippen LogP contribution in [0.15, 0.2) is 0 Å². The molecule has 1 aliphatic carbocycles. The second kappa shape index (κ2) is 4.97. The summed E-state index contributed by atoms with van der Waals surface area (Å²) < 4.78 is 4.93. The highest BCUT2D eigenvalue weighted by Gasteiger charge is 2.43. The molecule has 3 nitrogen and oxygen atoms in total. The number of carbonyl (C=O) groups is 1. The van der Waals surface area contributed by atoms with Crippen molar-refractivity contribution in [2.24, 2.45) is 11.8 Å². The van der Waals surface area contributed by atoms with Crippen LogP contribution in [-0.4, -0.2) is 25.2 Å². The molecule has 0 aromatic carbocycles. The maximum Gasteiger partial charge on any atom is 0.326 e. The number of esters is 1. The van der Waals surface area contributed by atoms with Gasteiger partial charge in [-0.05, 0) is 37.6 Å². The molecule has 1 saturated carbocycles. The molecule has 1 N–H and O–H groups in total. The Morgan fingerprint density at radius 2 is 2.13 bits per heavy atom. The number of hydrogen-bond donors (Lipinski definition) is 1. The Labute approximate surface area is 92.6 Å². The Kier molecular flexibility index (Phi) is 4.14. The van der Waals surface area contributed by atoms with Gasteiger partial charge in [-0.3, -0.25) is 4.79 Å². The lowest BCUT2D eigenvalue weighted by atomic mass is 9.71. The molecule has 0 aromatic heterocycles. The molecule has 0 saturated heterocycles. The van der Waals surface area contributed by atoms with Crippen molar-refractivity contribution in [2.75, 3.05) is 13.7 Å². The Balaban J connectivity index is 2.78. The van der Waals surface area contributed by atoms with Crippen molar-refractivity contribution in [1.29, 1.82) is 0 Å². The summed E-state index contributed by atoms with van der Waals surface area (Å²) in [4.78, 5) is 11.8. The second-order valence-corrected chi connectivity index (χ2v) is 4.80. The Morgan fingerprint density at radius 3 is 2.60 bits per heavy atom. The first-order valence-corrected chi connectivity index (χ1v) is 5.89. The van der Waals surface area contributed by atoms with Crippen LogP contribution in [0.3, 0.4) is 0 Å². The van der Waals surface area contributed by atoms with Crippen LogP contribution >= 0.6 is 0 Å². The summed E-state index contributed by atoms with van der Waals surface area (Å²) in [6.07, 6.45) is 2.90. The molecule has 1 fully saturated rings. The quantitative estimate of drug-likeness (QED) is 0.728. The lowest BCUT2D eigenvalue weighted by Crippen LogP contribution is -2.56. The first-order chi connectivity index (χ1) is 7.05. The van der Waals surface area contributed by atoms with E-state index in [0.29, 0.717) is 11.8 Å². The summed E-state index contributed by atoms with van der Waals surface area (Å²) in [5.74, 6) is 1.20. The van der Waals surface area contributed by atoms with Crippen molar-refractivity contribution in [2.45, 2.75) is 45.6 Å². The first-order valence-electron chi connectivity index (χ1n) is 5.89. The van der Waals surface area contributed by atoms with Crippen molar-refractivity contribution < 1.29 is 9.53 Å². The standard InChI is InChI=1S/C12H23NO2/c1-5-13-12(11(14)15-4)7-6-9(2)10(3)8-12/h9-10,13H,5-8H2,1-4H3. The number of hydrogen-bond acceptors (Lipinski definition) is 3. The average molecular weight is 213 g/mol. The molecule has 1 rings (SSSR count). The van der Waals surface area contributed by atoms with Crippen LogP contribution < -0.4 is 5.32 Å². The third-order valence-electron chi connectivity index (χ3n) is 3.76. The summed E-state index contributed by atoms with van der Waals surface area (Å²) in [5.41, 5.74) is -0.421. The fourth-order valence-electron chi connectivity index (χ4n) is 2.56. The van der Waals surface area contributed by atoms with E-state index in [1.807, 2.05) is 6.92 Å². The molecule has 0 radical (unpaired) electrons. The van der Waals surface area contributed by atoms with Gasteiger partial charge in [0.25, 0.3) is 0 Å². The number of likely N-dealkylation sites (N-methyl/N-ethyl adjacent to an activating group) is 1. The predicted molar refractivity (Wildman–Crippen MR) is 60.6 cm³/mol. The molecule has 1 aliphatic rings. The number of carbonyl (C=O) groups excluding carboxylic acids is 1. The average Bonchev–Trinajstić information content (AvgIpc) is 2.23. The first kappa shape index (κ1) is 12.5. The van der Waals surface area contributed by atoms with Gasteiger partial charge in [0.05, 0.1) is 7.11 Å². The van der Waals surface area contributed by atoms with E-state index in [-0.39, 0.29) is 5.97 Å². The molecule has 0 amide bonds. The van der Waals surface area contributed by atoms with Crippen LogP contribution in [0.4, 0.5) is 0 Å². The largest absolute Gasteiger partial charge is 0.468 e. The number of methoxy groups -OCH3 is 1. The van der Waals surface area contributed by atoms with Crippen LogP contribution in [0.5, 0.6) is 0 Å². The zero-order valence-corrected chi connectivity index (χ0v) is 10.3. The molecule has 3 atom stereocenters.